The van der Waals surface area contributed by atoms with Gasteiger partial charge in [0.1, 0.15) is 11.8 Å². The molecule has 0 aliphatic carbocycles. The van der Waals surface area contributed by atoms with Gasteiger partial charge in [0.05, 0.1) is 0 Å². The lowest BCUT2D eigenvalue weighted by molar-refractivity contribution is 0.577. The van der Waals surface area contributed by atoms with Crippen molar-refractivity contribution in [2.24, 2.45) is 4.99 Å². The molecule has 1 heterocycles. The van der Waals surface area contributed by atoms with Crippen LogP contribution in [0.1, 0.15) is 0 Å². The molecule has 1 aliphatic heterocycles. The molecule has 0 spiro atoms. The first kappa shape index (κ1) is 8.62. The average molecular weight is 180 g/mol. The van der Waals surface area contributed by atoms with E-state index >= 15 is 0 Å². The van der Waals surface area contributed by atoms with E-state index in [1.807, 2.05) is 0 Å². The van der Waals surface area contributed by atoms with Crippen LogP contribution in [0.5, 0.6) is 0 Å². The fraction of sp³-hybridized carbons (Fsp3) is 0. The number of rotatable bonds is 0. The minimum absolute atomic E-state index is 0.0726. The van der Waals surface area contributed by atoms with E-state index in [0.717, 1.165) is 0 Å². The number of aliphatic imine (C=N–C) groups is 1. The van der Waals surface area contributed by atoms with Crippen LogP contribution in [0, 0.1) is 11.3 Å². The third kappa shape index (κ3) is 2.01. The topological polar surface area (TPSA) is 73.5 Å². The van der Waals surface area contributed by atoms with E-state index in [2.05, 4.69) is 10.7 Å². The van der Waals surface area contributed by atoms with Gasteiger partial charge in [0.15, 0.2) is 5.04 Å². The van der Waals surface area contributed by atoms with Crippen LogP contribution in [0.15, 0.2) is 34.6 Å². The number of allylic oxidation sites excluding steroid dienone is 2. The predicted octanol–water partition coefficient (Wildman–Crippen LogP) is 0.739. The minimum atomic E-state index is -2.17. The van der Waals surface area contributed by atoms with Crippen molar-refractivity contribution in [2.45, 2.75) is 0 Å². The Hall–Kier alpha value is -1.47. The maximum atomic E-state index is 10.5. The van der Waals surface area contributed by atoms with Gasteiger partial charge in [-0.15, -0.1) is 5.73 Å². The van der Waals surface area contributed by atoms with Gasteiger partial charge in [-0.3, -0.25) is 0 Å². The molecule has 4 nitrogen and oxygen atoms in total. The Morgan fingerprint density at radius 1 is 1.75 bits per heavy atom. The molecular formula is C7H4N2O2S. The van der Waals surface area contributed by atoms with E-state index in [1.165, 1.54) is 18.2 Å². The monoisotopic (exact) mass is 180 g/mol. The van der Waals surface area contributed by atoms with Crippen molar-refractivity contribution in [1.29, 1.82) is 5.26 Å². The summed E-state index contributed by atoms with van der Waals surface area (Å²) in [5.74, 6) is 0. The van der Waals surface area contributed by atoms with Gasteiger partial charge in [0, 0.05) is 6.08 Å². The summed E-state index contributed by atoms with van der Waals surface area (Å²) in [5.41, 5.74) is 2.67. The first-order valence-corrected chi connectivity index (χ1v) is 4.07. The van der Waals surface area contributed by atoms with Crippen molar-refractivity contribution in [3.8, 4) is 6.07 Å². The Kier molecular flexibility index (Phi) is 2.72. The van der Waals surface area contributed by atoms with Crippen LogP contribution in [-0.4, -0.2) is 13.8 Å². The summed E-state index contributed by atoms with van der Waals surface area (Å²) >= 11 is -2.17. The average Bonchev–Trinajstić information content (AvgIpc) is 2.28. The van der Waals surface area contributed by atoms with E-state index in [4.69, 9.17) is 9.81 Å². The molecule has 1 rings (SSSR count). The second-order valence-corrected chi connectivity index (χ2v) is 2.76. The second-order valence-electron chi connectivity index (χ2n) is 1.84. The van der Waals surface area contributed by atoms with Crippen LogP contribution >= 0.6 is 0 Å². The van der Waals surface area contributed by atoms with Gasteiger partial charge < -0.3 is 4.55 Å². The fourth-order valence-electron chi connectivity index (χ4n) is 0.586. The molecule has 60 valence electrons. The standard InChI is InChI=1S/C7H4N2O2S/c8-5-6-3-1-2-4-7(9-6)12(10)11/h1,3-4H,(H,10,11). The Morgan fingerprint density at radius 3 is 3.08 bits per heavy atom. The van der Waals surface area contributed by atoms with E-state index in [9.17, 15) is 4.21 Å². The Balaban J connectivity index is 3.13. The highest BCUT2D eigenvalue weighted by Gasteiger charge is 2.04. The molecule has 0 aromatic rings. The van der Waals surface area contributed by atoms with Gasteiger partial charge >= 0.3 is 0 Å². The summed E-state index contributed by atoms with van der Waals surface area (Å²) in [7, 11) is 0. The normalized spacial score (nSPS) is 17.3. The van der Waals surface area contributed by atoms with Gasteiger partial charge in [-0.1, -0.05) is 0 Å². The van der Waals surface area contributed by atoms with Crippen LogP contribution in [0.25, 0.3) is 0 Å². The first-order valence-electron chi connectivity index (χ1n) is 2.96. The second kappa shape index (κ2) is 3.79. The summed E-state index contributed by atoms with van der Waals surface area (Å²) in [4.78, 5) is 3.61. The molecular weight excluding hydrogens is 176 g/mol. The Labute approximate surface area is 71.5 Å². The van der Waals surface area contributed by atoms with E-state index < -0.39 is 11.1 Å². The largest absolute Gasteiger partial charge is 0.301 e. The summed E-state index contributed by atoms with van der Waals surface area (Å²) in [6.07, 6.45) is 4.13. The lowest BCUT2D eigenvalue weighted by atomic mass is 10.4. The first-order chi connectivity index (χ1) is 5.74. The molecule has 1 N–H and O–H groups in total. The maximum absolute atomic E-state index is 10.5. The number of hydrogen-bond acceptors (Lipinski definition) is 3. The number of nitrogens with zero attached hydrogens (tertiary/aromatic N) is 2. The molecule has 0 amide bonds. The van der Waals surface area contributed by atoms with E-state index in [0.29, 0.717) is 0 Å². The van der Waals surface area contributed by atoms with Gasteiger partial charge in [0.2, 0.25) is 11.1 Å². The van der Waals surface area contributed by atoms with Crippen LogP contribution in [-0.2, 0) is 11.1 Å². The zero-order valence-corrected chi connectivity index (χ0v) is 6.71. The number of hydrogen-bond donors (Lipinski definition) is 1. The van der Waals surface area contributed by atoms with Gasteiger partial charge in [0.25, 0.3) is 0 Å². The molecule has 1 aliphatic rings. The Morgan fingerprint density at radius 2 is 2.50 bits per heavy atom. The van der Waals surface area contributed by atoms with Crippen molar-refractivity contribution >= 4 is 16.1 Å². The molecule has 1 atom stereocenters. The summed E-state index contributed by atoms with van der Waals surface area (Å²) in [5, 5.41) is 8.38. The van der Waals surface area contributed by atoms with E-state index in [-0.39, 0.29) is 10.7 Å². The lowest BCUT2D eigenvalue weighted by Gasteiger charge is -1.89. The van der Waals surface area contributed by atoms with Crippen molar-refractivity contribution < 1.29 is 8.76 Å². The van der Waals surface area contributed by atoms with Gasteiger partial charge in [-0.25, -0.2) is 9.20 Å². The summed E-state index contributed by atoms with van der Waals surface area (Å²) in [6.45, 7) is 0. The quantitative estimate of drug-likeness (QED) is 0.441. The molecule has 0 aromatic heterocycles. The highest BCUT2D eigenvalue weighted by Crippen LogP contribution is 2.01. The van der Waals surface area contributed by atoms with Crippen LogP contribution in [0.2, 0.25) is 0 Å². The van der Waals surface area contributed by atoms with Crippen LogP contribution in [0.4, 0.5) is 0 Å². The zero-order valence-electron chi connectivity index (χ0n) is 5.89. The maximum Gasteiger partial charge on any atom is 0.206 e. The van der Waals surface area contributed by atoms with Crippen LogP contribution in [0.3, 0.4) is 0 Å². The third-order valence-electron chi connectivity index (χ3n) is 1.07. The lowest BCUT2D eigenvalue weighted by Crippen LogP contribution is -2.01. The molecule has 0 radical (unpaired) electrons. The van der Waals surface area contributed by atoms with Crippen molar-refractivity contribution in [3.63, 3.8) is 0 Å². The molecule has 1 unspecified atom stereocenters. The highest BCUT2D eigenvalue weighted by molar-refractivity contribution is 7.96. The molecule has 0 saturated heterocycles. The SMILES string of the molecule is N#CC1=CC=C=CC(S(=O)O)=N1. The minimum Gasteiger partial charge on any atom is -0.301 e. The van der Waals surface area contributed by atoms with Crippen LogP contribution < -0.4 is 0 Å². The molecule has 0 fully saturated rings. The molecule has 0 aromatic carbocycles. The third-order valence-corrected chi connectivity index (χ3v) is 1.64. The molecule has 0 bridgehead atoms. The van der Waals surface area contributed by atoms with Crippen molar-refractivity contribution in [2.75, 3.05) is 0 Å². The summed E-state index contributed by atoms with van der Waals surface area (Å²) in [6, 6.07) is 1.77. The highest BCUT2D eigenvalue weighted by atomic mass is 32.2. The van der Waals surface area contributed by atoms with Gasteiger partial charge in [-0.05, 0) is 12.2 Å². The number of nitriles is 1. The van der Waals surface area contributed by atoms with Gasteiger partial charge in [-0.2, -0.15) is 5.26 Å². The smallest absolute Gasteiger partial charge is 0.206 e. The zero-order chi connectivity index (χ0) is 8.97. The molecule has 12 heavy (non-hydrogen) atoms. The molecule has 0 saturated carbocycles. The summed E-state index contributed by atoms with van der Waals surface area (Å²) < 4.78 is 19.2. The fourth-order valence-corrected chi connectivity index (χ4v) is 0.932. The molecule has 5 heteroatoms. The Bertz CT molecular complexity index is 381. The van der Waals surface area contributed by atoms with Crippen molar-refractivity contribution in [1.82, 2.24) is 0 Å². The van der Waals surface area contributed by atoms with E-state index in [1.54, 1.807) is 6.07 Å². The van der Waals surface area contributed by atoms with Crippen molar-refractivity contribution in [3.05, 3.63) is 29.7 Å². The predicted molar refractivity (Wildman–Crippen MR) is 44.6 cm³/mol.